The molecule has 1 saturated carbocycles. The molecule has 20 heavy (non-hydrogen) atoms. The van der Waals surface area contributed by atoms with Gasteiger partial charge in [-0.05, 0) is 30.3 Å². The monoisotopic (exact) mass is 312 g/mol. The van der Waals surface area contributed by atoms with E-state index in [2.05, 4.69) is 9.59 Å². The summed E-state index contributed by atoms with van der Waals surface area (Å²) in [7, 11) is 0. The van der Waals surface area contributed by atoms with Gasteiger partial charge < -0.3 is 10.6 Å². The van der Waals surface area contributed by atoms with Gasteiger partial charge in [-0.3, -0.25) is 4.79 Å². The van der Waals surface area contributed by atoms with Gasteiger partial charge in [0.1, 0.15) is 4.88 Å². The average Bonchev–Trinajstić information content (AvgIpc) is 3.05. The molecule has 2 N–H and O–H groups in total. The highest BCUT2D eigenvalue weighted by Gasteiger charge is 2.31. The Labute approximate surface area is 128 Å². The first-order valence-electron chi connectivity index (χ1n) is 6.92. The summed E-state index contributed by atoms with van der Waals surface area (Å²) in [6.07, 6.45) is 4.36. The van der Waals surface area contributed by atoms with Crippen molar-refractivity contribution < 1.29 is 4.79 Å². The van der Waals surface area contributed by atoms with Crippen LogP contribution in [0, 0.1) is 0 Å². The molecule has 0 saturated heterocycles. The van der Waals surface area contributed by atoms with Crippen molar-refractivity contribution in [1.82, 2.24) is 14.5 Å². The van der Waals surface area contributed by atoms with Crippen molar-refractivity contribution >= 4 is 34.6 Å². The highest BCUT2D eigenvalue weighted by Crippen LogP contribution is 2.27. The fraction of sp³-hybridized carbons (Fsp3) is 0.692. The minimum absolute atomic E-state index is 0.0246. The number of hydrogen-bond donors (Lipinski definition) is 1. The summed E-state index contributed by atoms with van der Waals surface area (Å²) in [6.45, 7) is 4.37. The normalized spacial score (nSPS) is 15.8. The van der Waals surface area contributed by atoms with Crippen molar-refractivity contribution in [2.75, 3.05) is 6.54 Å². The van der Waals surface area contributed by atoms with Crippen molar-refractivity contribution in [3.63, 3.8) is 0 Å². The minimum atomic E-state index is -0.0246. The van der Waals surface area contributed by atoms with Gasteiger partial charge >= 0.3 is 0 Å². The zero-order valence-corrected chi connectivity index (χ0v) is 13.5. The van der Waals surface area contributed by atoms with Crippen LogP contribution in [-0.2, 0) is 0 Å². The number of thiocarbonyl (C=S) groups is 1. The molecule has 0 radical (unpaired) electrons. The predicted octanol–water partition coefficient (Wildman–Crippen LogP) is 2.33. The third-order valence-electron chi connectivity index (χ3n) is 3.61. The SMILES string of the molecule is CC(C)c1nnsc1C(=O)N(CC(N)=S)C1CCCC1. The molecule has 2 rings (SSSR count). The van der Waals surface area contributed by atoms with E-state index in [9.17, 15) is 4.79 Å². The van der Waals surface area contributed by atoms with Crippen LogP contribution >= 0.6 is 23.8 Å². The van der Waals surface area contributed by atoms with Gasteiger partial charge in [0.2, 0.25) is 0 Å². The molecule has 0 unspecified atom stereocenters. The number of carbonyl (C=O) groups excluding carboxylic acids is 1. The predicted molar refractivity (Wildman–Crippen MR) is 84.1 cm³/mol. The molecule has 1 amide bonds. The van der Waals surface area contributed by atoms with Gasteiger partial charge in [-0.25, -0.2) is 0 Å². The third kappa shape index (κ3) is 3.32. The lowest BCUT2D eigenvalue weighted by molar-refractivity contribution is 0.0718. The molecule has 7 heteroatoms. The van der Waals surface area contributed by atoms with Gasteiger partial charge in [0.05, 0.1) is 17.2 Å². The smallest absolute Gasteiger partial charge is 0.268 e. The molecule has 1 aliphatic rings. The van der Waals surface area contributed by atoms with Gasteiger partial charge in [-0.2, -0.15) is 0 Å². The summed E-state index contributed by atoms with van der Waals surface area (Å²) < 4.78 is 3.93. The first-order valence-corrected chi connectivity index (χ1v) is 8.10. The van der Waals surface area contributed by atoms with E-state index in [4.69, 9.17) is 18.0 Å². The minimum Gasteiger partial charge on any atom is -0.392 e. The van der Waals surface area contributed by atoms with Crippen molar-refractivity contribution in [3.05, 3.63) is 10.6 Å². The van der Waals surface area contributed by atoms with E-state index in [0.29, 0.717) is 16.4 Å². The molecule has 0 atom stereocenters. The van der Waals surface area contributed by atoms with Crippen molar-refractivity contribution in [2.45, 2.75) is 51.5 Å². The third-order valence-corrected chi connectivity index (χ3v) is 4.47. The zero-order valence-electron chi connectivity index (χ0n) is 11.8. The Hall–Kier alpha value is -1.08. The Morgan fingerprint density at radius 2 is 2.15 bits per heavy atom. The van der Waals surface area contributed by atoms with Crippen LogP contribution < -0.4 is 5.73 Å². The lowest BCUT2D eigenvalue weighted by Crippen LogP contribution is -2.43. The lowest BCUT2D eigenvalue weighted by Gasteiger charge is -2.28. The fourth-order valence-electron chi connectivity index (χ4n) is 2.60. The van der Waals surface area contributed by atoms with E-state index in [1.54, 1.807) is 0 Å². The van der Waals surface area contributed by atoms with Gasteiger partial charge in [-0.15, -0.1) is 5.10 Å². The van der Waals surface area contributed by atoms with Crippen LogP contribution in [0.3, 0.4) is 0 Å². The van der Waals surface area contributed by atoms with Crippen molar-refractivity contribution in [2.24, 2.45) is 5.73 Å². The maximum absolute atomic E-state index is 12.8. The van der Waals surface area contributed by atoms with E-state index in [1.165, 1.54) is 0 Å². The van der Waals surface area contributed by atoms with E-state index < -0.39 is 0 Å². The molecule has 1 fully saturated rings. The second kappa shape index (κ2) is 6.58. The molecule has 0 spiro atoms. The first-order chi connectivity index (χ1) is 9.50. The van der Waals surface area contributed by atoms with Crippen LogP contribution in [-0.4, -0.2) is 38.0 Å². The quantitative estimate of drug-likeness (QED) is 0.845. The van der Waals surface area contributed by atoms with E-state index in [0.717, 1.165) is 42.9 Å². The number of rotatable bonds is 5. The second-order valence-corrected chi connectivity index (χ2v) is 6.76. The first kappa shape index (κ1) is 15.3. The summed E-state index contributed by atoms with van der Waals surface area (Å²) in [5.74, 6) is 0.159. The molecular weight excluding hydrogens is 292 g/mol. The number of nitrogens with zero attached hydrogens (tertiary/aromatic N) is 3. The summed E-state index contributed by atoms with van der Waals surface area (Å²) in [6, 6.07) is 0.242. The molecular formula is C13H20N4OS2. The Morgan fingerprint density at radius 3 is 2.70 bits per heavy atom. The largest absolute Gasteiger partial charge is 0.392 e. The van der Waals surface area contributed by atoms with Crippen LogP contribution in [0.2, 0.25) is 0 Å². The van der Waals surface area contributed by atoms with Crippen LogP contribution in [0.25, 0.3) is 0 Å². The number of carbonyl (C=O) groups is 1. The van der Waals surface area contributed by atoms with E-state index in [1.807, 2.05) is 18.7 Å². The number of nitrogens with two attached hydrogens (primary N) is 1. The van der Waals surface area contributed by atoms with Gasteiger partial charge in [0.15, 0.2) is 0 Å². The maximum Gasteiger partial charge on any atom is 0.268 e. The zero-order chi connectivity index (χ0) is 14.7. The van der Waals surface area contributed by atoms with Crippen molar-refractivity contribution in [3.8, 4) is 0 Å². The number of aromatic nitrogens is 2. The Kier molecular flexibility index (Phi) is 5.04. The summed E-state index contributed by atoms with van der Waals surface area (Å²) in [5, 5.41) is 4.08. The van der Waals surface area contributed by atoms with E-state index in [-0.39, 0.29) is 17.9 Å². The fourth-order valence-corrected chi connectivity index (χ4v) is 3.52. The molecule has 0 bridgehead atoms. The lowest BCUT2D eigenvalue weighted by atomic mass is 10.1. The summed E-state index contributed by atoms with van der Waals surface area (Å²) in [5.41, 5.74) is 6.43. The van der Waals surface area contributed by atoms with Crippen LogP contribution in [0.4, 0.5) is 0 Å². The Morgan fingerprint density at radius 1 is 1.50 bits per heavy atom. The molecule has 1 heterocycles. The molecule has 0 aromatic carbocycles. The molecule has 0 aliphatic heterocycles. The van der Waals surface area contributed by atoms with Gasteiger partial charge in [-0.1, -0.05) is 43.4 Å². The number of hydrogen-bond acceptors (Lipinski definition) is 5. The highest BCUT2D eigenvalue weighted by atomic mass is 32.1. The molecule has 110 valence electrons. The Bertz CT molecular complexity index is 494. The standard InChI is InChI=1S/C13H20N4OS2/c1-8(2)11-12(20-16-15-11)13(18)17(7-10(14)19)9-5-3-4-6-9/h8-9H,3-7H2,1-2H3,(H2,14,19). The molecule has 1 aromatic heterocycles. The highest BCUT2D eigenvalue weighted by molar-refractivity contribution is 7.80. The topological polar surface area (TPSA) is 72.1 Å². The van der Waals surface area contributed by atoms with Crippen LogP contribution in [0.15, 0.2) is 0 Å². The summed E-state index contributed by atoms with van der Waals surface area (Å²) in [4.78, 5) is 15.6. The molecule has 1 aromatic rings. The van der Waals surface area contributed by atoms with Gasteiger partial charge in [0, 0.05) is 6.04 Å². The van der Waals surface area contributed by atoms with Crippen LogP contribution in [0.5, 0.6) is 0 Å². The van der Waals surface area contributed by atoms with Crippen molar-refractivity contribution in [1.29, 1.82) is 0 Å². The second-order valence-electron chi connectivity index (χ2n) is 5.48. The van der Waals surface area contributed by atoms with Crippen LogP contribution in [0.1, 0.15) is 60.8 Å². The maximum atomic E-state index is 12.8. The molecule has 5 nitrogen and oxygen atoms in total. The summed E-state index contributed by atoms with van der Waals surface area (Å²) >= 11 is 6.16. The Balaban J connectivity index is 2.25. The van der Waals surface area contributed by atoms with Gasteiger partial charge in [0.25, 0.3) is 5.91 Å². The number of amides is 1. The van der Waals surface area contributed by atoms with E-state index >= 15 is 0 Å². The average molecular weight is 312 g/mol. The molecule has 1 aliphatic carbocycles.